The summed E-state index contributed by atoms with van der Waals surface area (Å²) in [4.78, 5) is 7.32. The van der Waals surface area contributed by atoms with E-state index in [1.165, 1.54) is 45.3 Å². The van der Waals surface area contributed by atoms with Crippen molar-refractivity contribution in [3.8, 4) is 0 Å². The number of piperidine rings is 1. The first-order valence-electron chi connectivity index (χ1n) is 9.60. The minimum atomic E-state index is 0.530. The first kappa shape index (κ1) is 20.2. The number of thioether (sulfide) groups is 1. The van der Waals surface area contributed by atoms with Gasteiger partial charge in [0.15, 0.2) is 5.96 Å². The minimum absolute atomic E-state index is 0.530. The highest BCUT2D eigenvalue weighted by Crippen LogP contribution is 2.11. The van der Waals surface area contributed by atoms with Crippen molar-refractivity contribution in [3.05, 3.63) is 24.2 Å². The Bertz CT molecular complexity index is 470. The molecule has 6 heteroatoms. The predicted octanol–water partition coefficient (Wildman–Crippen LogP) is 2.98. The minimum Gasteiger partial charge on any atom is -0.469 e. The highest BCUT2D eigenvalue weighted by atomic mass is 32.2. The van der Waals surface area contributed by atoms with E-state index in [1.807, 2.05) is 23.9 Å². The van der Waals surface area contributed by atoms with Gasteiger partial charge in [-0.15, -0.1) is 0 Å². The van der Waals surface area contributed by atoms with Gasteiger partial charge >= 0.3 is 0 Å². The molecule has 2 N–H and O–H groups in total. The van der Waals surface area contributed by atoms with E-state index in [9.17, 15) is 0 Å². The van der Waals surface area contributed by atoms with Crippen LogP contribution in [-0.4, -0.2) is 61.6 Å². The molecule has 1 fully saturated rings. The van der Waals surface area contributed by atoms with E-state index >= 15 is 0 Å². The number of likely N-dealkylation sites (tertiary alicyclic amines) is 1. The Hall–Kier alpha value is -1.14. The van der Waals surface area contributed by atoms with Crippen LogP contribution >= 0.6 is 11.8 Å². The van der Waals surface area contributed by atoms with E-state index in [0.717, 1.165) is 37.0 Å². The van der Waals surface area contributed by atoms with Gasteiger partial charge in [0.05, 0.1) is 12.8 Å². The fraction of sp³-hybridized carbons (Fsp3) is 0.737. The van der Waals surface area contributed by atoms with Crippen molar-refractivity contribution in [2.75, 3.05) is 44.7 Å². The number of furan rings is 1. The van der Waals surface area contributed by atoms with Gasteiger partial charge in [-0.3, -0.25) is 4.99 Å². The van der Waals surface area contributed by atoms with E-state index in [1.54, 1.807) is 6.26 Å². The van der Waals surface area contributed by atoms with Crippen molar-refractivity contribution in [1.82, 2.24) is 15.5 Å². The second kappa shape index (κ2) is 12.3. The zero-order valence-electron chi connectivity index (χ0n) is 15.8. The molecule has 0 spiro atoms. The molecular weight excluding hydrogens is 332 g/mol. The lowest BCUT2D eigenvalue weighted by atomic mass is 10.0. The summed E-state index contributed by atoms with van der Waals surface area (Å²) in [5, 5.41) is 7.11. The van der Waals surface area contributed by atoms with Crippen molar-refractivity contribution in [3.63, 3.8) is 0 Å². The second-order valence-corrected chi connectivity index (χ2v) is 7.58. The summed E-state index contributed by atoms with van der Waals surface area (Å²) in [5.74, 6) is 3.02. The largest absolute Gasteiger partial charge is 0.469 e. The number of hydrogen-bond donors (Lipinski definition) is 2. The van der Waals surface area contributed by atoms with Gasteiger partial charge in [-0.2, -0.15) is 11.8 Å². The summed E-state index contributed by atoms with van der Waals surface area (Å²) in [7, 11) is 0. The van der Waals surface area contributed by atoms with Crippen molar-refractivity contribution < 1.29 is 4.42 Å². The summed E-state index contributed by atoms with van der Waals surface area (Å²) >= 11 is 1.84. The smallest absolute Gasteiger partial charge is 0.191 e. The van der Waals surface area contributed by atoms with Gasteiger partial charge < -0.3 is 20.0 Å². The van der Waals surface area contributed by atoms with Gasteiger partial charge in [-0.1, -0.05) is 13.3 Å². The summed E-state index contributed by atoms with van der Waals surface area (Å²) < 4.78 is 5.40. The Morgan fingerprint density at radius 2 is 2.24 bits per heavy atom. The standard InChI is InChI=1S/C19H34N4OS/c1-3-4-12-23-13-8-17(9-14-23)22-19(21-11-16-25-2)20-10-7-18-6-5-15-24-18/h5-6,15,17H,3-4,7-14,16H2,1-2H3,(H2,20,21,22). The van der Waals surface area contributed by atoms with Gasteiger partial charge in [-0.25, -0.2) is 0 Å². The summed E-state index contributed by atoms with van der Waals surface area (Å²) in [6, 6.07) is 4.49. The van der Waals surface area contributed by atoms with E-state index < -0.39 is 0 Å². The molecule has 0 bridgehead atoms. The van der Waals surface area contributed by atoms with E-state index in [2.05, 4.69) is 28.7 Å². The Kier molecular flexibility index (Phi) is 9.89. The maximum absolute atomic E-state index is 5.40. The lowest BCUT2D eigenvalue weighted by Gasteiger charge is -2.33. The second-order valence-electron chi connectivity index (χ2n) is 6.59. The van der Waals surface area contributed by atoms with E-state index in [-0.39, 0.29) is 0 Å². The van der Waals surface area contributed by atoms with Crippen LogP contribution in [0.25, 0.3) is 0 Å². The molecule has 0 aliphatic carbocycles. The Labute approximate surface area is 157 Å². The molecule has 5 nitrogen and oxygen atoms in total. The zero-order valence-corrected chi connectivity index (χ0v) is 16.6. The van der Waals surface area contributed by atoms with E-state index in [0.29, 0.717) is 6.04 Å². The van der Waals surface area contributed by atoms with Crippen molar-refractivity contribution in [1.29, 1.82) is 0 Å². The molecule has 0 saturated carbocycles. The number of nitrogens with zero attached hydrogens (tertiary/aromatic N) is 2. The average Bonchev–Trinajstić information content (AvgIpc) is 3.14. The van der Waals surface area contributed by atoms with Gasteiger partial charge in [0.1, 0.15) is 5.76 Å². The van der Waals surface area contributed by atoms with Crippen molar-refractivity contribution >= 4 is 17.7 Å². The lowest BCUT2D eigenvalue weighted by molar-refractivity contribution is 0.203. The maximum Gasteiger partial charge on any atom is 0.191 e. The highest BCUT2D eigenvalue weighted by molar-refractivity contribution is 7.98. The molecule has 2 heterocycles. The quantitative estimate of drug-likeness (QED) is 0.379. The monoisotopic (exact) mass is 366 g/mol. The van der Waals surface area contributed by atoms with Crippen LogP contribution in [0.15, 0.2) is 27.8 Å². The predicted molar refractivity (Wildman–Crippen MR) is 109 cm³/mol. The normalized spacial score (nSPS) is 17.0. The van der Waals surface area contributed by atoms with Crippen LogP contribution in [0, 0.1) is 0 Å². The lowest BCUT2D eigenvalue weighted by Crippen LogP contribution is -2.49. The summed E-state index contributed by atoms with van der Waals surface area (Å²) in [6.07, 6.45) is 9.73. The SMILES string of the molecule is CCCCN1CCC(NC(=NCCSC)NCCc2ccco2)CC1. The Morgan fingerprint density at radius 3 is 2.92 bits per heavy atom. The number of hydrogen-bond acceptors (Lipinski definition) is 4. The number of guanidine groups is 1. The first-order valence-corrected chi connectivity index (χ1v) is 11.0. The van der Waals surface area contributed by atoms with Crippen LogP contribution in [0.1, 0.15) is 38.4 Å². The average molecular weight is 367 g/mol. The molecule has 2 rings (SSSR count). The molecule has 1 aromatic heterocycles. The fourth-order valence-corrected chi connectivity index (χ4v) is 3.31. The topological polar surface area (TPSA) is 52.8 Å². The molecule has 1 saturated heterocycles. The number of rotatable bonds is 10. The third kappa shape index (κ3) is 8.19. The molecule has 0 aromatic carbocycles. The molecule has 1 aliphatic heterocycles. The molecule has 0 radical (unpaired) electrons. The van der Waals surface area contributed by atoms with E-state index in [4.69, 9.17) is 9.41 Å². The fourth-order valence-electron chi connectivity index (χ4n) is 3.04. The van der Waals surface area contributed by atoms with Crippen LogP contribution in [-0.2, 0) is 6.42 Å². The van der Waals surface area contributed by atoms with Crippen molar-refractivity contribution in [2.24, 2.45) is 4.99 Å². The number of unbranched alkanes of at least 4 members (excludes halogenated alkanes) is 1. The van der Waals surface area contributed by atoms with Crippen LogP contribution < -0.4 is 10.6 Å². The number of nitrogens with one attached hydrogen (secondary N) is 2. The molecule has 1 aliphatic rings. The van der Waals surface area contributed by atoms with Gasteiger partial charge in [0.2, 0.25) is 0 Å². The van der Waals surface area contributed by atoms with Crippen LogP contribution in [0.5, 0.6) is 0 Å². The van der Waals surface area contributed by atoms with Gasteiger partial charge in [-0.05, 0) is 44.2 Å². The first-order chi connectivity index (χ1) is 12.3. The molecule has 1 aromatic rings. The summed E-state index contributed by atoms with van der Waals surface area (Å²) in [5.41, 5.74) is 0. The molecule has 0 amide bonds. The summed E-state index contributed by atoms with van der Waals surface area (Å²) in [6.45, 7) is 7.60. The molecular formula is C19H34N4OS. The van der Waals surface area contributed by atoms with Crippen LogP contribution in [0.3, 0.4) is 0 Å². The molecule has 0 atom stereocenters. The van der Waals surface area contributed by atoms with Gasteiger partial charge in [0, 0.05) is 37.8 Å². The highest BCUT2D eigenvalue weighted by Gasteiger charge is 2.19. The molecule has 142 valence electrons. The molecule has 25 heavy (non-hydrogen) atoms. The van der Waals surface area contributed by atoms with Gasteiger partial charge in [0.25, 0.3) is 0 Å². The maximum atomic E-state index is 5.40. The molecule has 0 unspecified atom stereocenters. The van der Waals surface area contributed by atoms with Crippen LogP contribution in [0.4, 0.5) is 0 Å². The Balaban J connectivity index is 1.74. The van der Waals surface area contributed by atoms with Crippen molar-refractivity contribution in [2.45, 2.75) is 45.1 Å². The third-order valence-electron chi connectivity index (χ3n) is 4.57. The number of aliphatic imine (C=N–C) groups is 1. The Morgan fingerprint density at radius 1 is 1.40 bits per heavy atom. The van der Waals surface area contributed by atoms with Crippen LogP contribution in [0.2, 0.25) is 0 Å². The zero-order chi connectivity index (χ0) is 17.7. The third-order valence-corrected chi connectivity index (χ3v) is 5.16.